The van der Waals surface area contributed by atoms with Gasteiger partial charge in [-0.05, 0) is 36.6 Å². The Balaban J connectivity index is 1.99. The van der Waals surface area contributed by atoms with E-state index in [1.807, 2.05) is 50.2 Å². The van der Waals surface area contributed by atoms with E-state index in [4.69, 9.17) is 10.2 Å². The Hall–Kier alpha value is -2.66. The Labute approximate surface area is 134 Å². The fraction of sp³-hybridized carbons (Fsp3) is 0.222. The highest BCUT2D eigenvalue weighted by molar-refractivity contribution is 5.82. The van der Waals surface area contributed by atoms with Gasteiger partial charge in [-0.15, -0.1) is 0 Å². The molecule has 118 valence electrons. The van der Waals surface area contributed by atoms with Gasteiger partial charge in [-0.25, -0.2) is 4.79 Å². The molecule has 0 aliphatic rings. The molecule has 0 bridgehead atoms. The third-order valence-electron chi connectivity index (χ3n) is 4.03. The lowest BCUT2D eigenvalue weighted by Gasteiger charge is -2.14. The summed E-state index contributed by atoms with van der Waals surface area (Å²) in [7, 11) is 0. The number of nitrogens with one attached hydrogen (secondary N) is 1. The molecule has 1 heterocycles. The van der Waals surface area contributed by atoms with E-state index in [1.165, 1.54) is 0 Å². The normalized spacial score (nSPS) is 12.3. The van der Waals surface area contributed by atoms with Crippen LogP contribution in [0, 0.1) is 6.92 Å². The Morgan fingerprint density at radius 1 is 1.22 bits per heavy atom. The molecular weight excluding hydrogens is 290 g/mol. The van der Waals surface area contributed by atoms with Crippen LogP contribution in [0.5, 0.6) is 0 Å². The molecule has 0 fully saturated rings. The van der Waals surface area contributed by atoms with Crippen molar-refractivity contribution in [3.63, 3.8) is 0 Å². The first-order chi connectivity index (χ1) is 11.1. The van der Waals surface area contributed by atoms with Gasteiger partial charge in [0.25, 0.3) is 6.01 Å². The van der Waals surface area contributed by atoms with Crippen molar-refractivity contribution >= 4 is 16.9 Å². The quantitative estimate of drug-likeness (QED) is 0.774. The highest BCUT2D eigenvalue weighted by atomic mass is 16.4. The predicted molar refractivity (Wildman–Crippen MR) is 91.4 cm³/mol. The molecule has 3 N–H and O–H groups in total. The van der Waals surface area contributed by atoms with E-state index in [-0.39, 0.29) is 12.1 Å². The molecule has 0 aliphatic carbocycles. The second-order valence-corrected chi connectivity index (χ2v) is 5.53. The molecule has 5 nitrogen and oxygen atoms in total. The molecule has 0 radical (unpaired) electrons. The van der Waals surface area contributed by atoms with Crippen molar-refractivity contribution in [3.05, 3.63) is 69.6 Å². The van der Waals surface area contributed by atoms with Gasteiger partial charge < -0.3 is 15.5 Å². The summed E-state index contributed by atoms with van der Waals surface area (Å²) in [5.41, 5.74) is 8.74. The molecule has 5 heteroatoms. The summed E-state index contributed by atoms with van der Waals surface area (Å²) < 4.78 is 5.34. The summed E-state index contributed by atoms with van der Waals surface area (Å²) in [5.74, 6) is 0. The zero-order chi connectivity index (χ0) is 16.4. The molecule has 0 unspecified atom stereocenters. The summed E-state index contributed by atoms with van der Waals surface area (Å²) in [4.78, 5) is 16.7. The third kappa shape index (κ3) is 2.96. The van der Waals surface area contributed by atoms with Crippen molar-refractivity contribution in [2.45, 2.75) is 26.4 Å². The number of nitrogens with zero attached hydrogens (tertiary/aromatic N) is 1. The van der Waals surface area contributed by atoms with E-state index in [2.05, 4.69) is 10.3 Å². The fourth-order valence-corrected chi connectivity index (χ4v) is 2.66. The molecule has 3 rings (SSSR count). The number of nitrogens with two attached hydrogens (primary N) is 1. The lowest BCUT2D eigenvalue weighted by molar-refractivity contribution is 0.510. The predicted octanol–water partition coefficient (Wildman–Crippen LogP) is 3.13. The Bertz CT molecular complexity index is 888. The summed E-state index contributed by atoms with van der Waals surface area (Å²) >= 11 is 0. The molecule has 23 heavy (non-hydrogen) atoms. The van der Waals surface area contributed by atoms with E-state index in [0.29, 0.717) is 17.4 Å². The zero-order valence-electron chi connectivity index (χ0n) is 13.2. The standard InChI is InChI=1S/C18H19N3O2/c1-11-14(10-19)8-9-15-16(11)17(22)23-18(21-15)20-12(2)13-6-4-3-5-7-13/h3-9,12H,10,19H2,1-2H3,(H,20,21)/t12-/m0/s1. The number of rotatable bonds is 4. The SMILES string of the molecule is Cc1c(CN)ccc2nc(N[C@@H](C)c3ccccc3)oc(=O)c12. The van der Waals surface area contributed by atoms with Crippen LogP contribution in [0.15, 0.2) is 51.7 Å². The van der Waals surface area contributed by atoms with Gasteiger partial charge in [0.1, 0.15) is 0 Å². The summed E-state index contributed by atoms with van der Waals surface area (Å²) in [5, 5.41) is 3.63. The summed E-state index contributed by atoms with van der Waals surface area (Å²) in [6.07, 6.45) is 0. The minimum Gasteiger partial charge on any atom is -0.389 e. The fourth-order valence-electron chi connectivity index (χ4n) is 2.66. The van der Waals surface area contributed by atoms with Gasteiger partial charge in [0, 0.05) is 6.54 Å². The molecule has 0 aliphatic heterocycles. The summed E-state index contributed by atoms with van der Waals surface area (Å²) in [6.45, 7) is 4.24. The van der Waals surface area contributed by atoms with Crippen molar-refractivity contribution in [1.29, 1.82) is 0 Å². The Kier molecular flexibility index (Phi) is 4.12. The van der Waals surface area contributed by atoms with E-state index < -0.39 is 5.63 Å². The minimum atomic E-state index is -0.398. The van der Waals surface area contributed by atoms with Crippen molar-refractivity contribution in [3.8, 4) is 0 Å². The second kappa shape index (κ2) is 6.22. The smallest absolute Gasteiger partial charge is 0.348 e. The van der Waals surface area contributed by atoms with E-state index in [0.717, 1.165) is 16.7 Å². The lowest BCUT2D eigenvalue weighted by atomic mass is 10.0. The van der Waals surface area contributed by atoms with Crippen LogP contribution in [0.2, 0.25) is 0 Å². The van der Waals surface area contributed by atoms with Gasteiger partial charge >= 0.3 is 5.63 Å². The van der Waals surface area contributed by atoms with Crippen LogP contribution in [0.4, 0.5) is 6.01 Å². The van der Waals surface area contributed by atoms with Crippen LogP contribution in [0.3, 0.4) is 0 Å². The average molecular weight is 309 g/mol. The maximum atomic E-state index is 12.3. The number of aromatic nitrogens is 1. The third-order valence-corrected chi connectivity index (χ3v) is 4.03. The zero-order valence-corrected chi connectivity index (χ0v) is 13.2. The summed E-state index contributed by atoms with van der Waals surface area (Å²) in [6, 6.07) is 13.8. The number of benzene rings is 2. The number of aryl methyl sites for hydroxylation is 1. The first-order valence-corrected chi connectivity index (χ1v) is 7.55. The Morgan fingerprint density at radius 3 is 2.65 bits per heavy atom. The van der Waals surface area contributed by atoms with Crippen molar-refractivity contribution in [2.24, 2.45) is 5.73 Å². The molecule has 1 atom stereocenters. The maximum Gasteiger partial charge on any atom is 0.348 e. The first kappa shape index (κ1) is 15.2. The van der Waals surface area contributed by atoms with E-state index >= 15 is 0 Å². The van der Waals surface area contributed by atoms with Crippen molar-refractivity contribution < 1.29 is 4.42 Å². The molecule has 0 saturated carbocycles. The van der Waals surface area contributed by atoms with Gasteiger partial charge in [0.05, 0.1) is 16.9 Å². The maximum absolute atomic E-state index is 12.3. The molecular formula is C18H19N3O2. The highest BCUT2D eigenvalue weighted by Gasteiger charge is 2.13. The molecule has 0 amide bonds. The second-order valence-electron chi connectivity index (χ2n) is 5.53. The molecule has 0 spiro atoms. The van der Waals surface area contributed by atoms with Crippen LogP contribution in [0.1, 0.15) is 29.7 Å². The largest absolute Gasteiger partial charge is 0.389 e. The molecule has 3 aromatic rings. The van der Waals surface area contributed by atoms with Gasteiger partial charge in [-0.3, -0.25) is 0 Å². The molecule has 2 aromatic carbocycles. The topological polar surface area (TPSA) is 81.2 Å². The molecule has 1 aromatic heterocycles. The van der Waals surface area contributed by atoms with E-state index in [1.54, 1.807) is 6.07 Å². The Morgan fingerprint density at radius 2 is 1.96 bits per heavy atom. The van der Waals surface area contributed by atoms with Gasteiger partial charge in [0.2, 0.25) is 0 Å². The van der Waals surface area contributed by atoms with Crippen LogP contribution >= 0.6 is 0 Å². The number of fused-ring (bicyclic) bond motifs is 1. The van der Waals surface area contributed by atoms with Crippen LogP contribution in [-0.2, 0) is 6.54 Å². The highest BCUT2D eigenvalue weighted by Crippen LogP contribution is 2.21. The van der Waals surface area contributed by atoms with E-state index in [9.17, 15) is 4.79 Å². The van der Waals surface area contributed by atoms with Crippen LogP contribution < -0.4 is 16.7 Å². The number of hydrogen-bond acceptors (Lipinski definition) is 5. The van der Waals surface area contributed by atoms with Crippen molar-refractivity contribution in [1.82, 2.24) is 4.98 Å². The van der Waals surface area contributed by atoms with Crippen LogP contribution in [0.25, 0.3) is 10.9 Å². The number of anilines is 1. The average Bonchev–Trinajstić information content (AvgIpc) is 2.55. The van der Waals surface area contributed by atoms with Gasteiger partial charge in [-0.1, -0.05) is 36.4 Å². The molecule has 0 saturated heterocycles. The monoisotopic (exact) mass is 309 g/mol. The van der Waals surface area contributed by atoms with Crippen molar-refractivity contribution in [2.75, 3.05) is 5.32 Å². The number of hydrogen-bond donors (Lipinski definition) is 2. The van der Waals surface area contributed by atoms with Gasteiger partial charge in [-0.2, -0.15) is 4.98 Å². The van der Waals surface area contributed by atoms with Crippen LogP contribution in [-0.4, -0.2) is 4.98 Å². The minimum absolute atomic E-state index is 0.0197. The first-order valence-electron chi connectivity index (χ1n) is 7.55. The van der Waals surface area contributed by atoms with Gasteiger partial charge in [0.15, 0.2) is 0 Å². The lowest BCUT2D eigenvalue weighted by Crippen LogP contribution is -2.13.